The second-order valence-corrected chi connectivity index (χ2v) is 12.3. The Morgan fingerprint density at radius 2 is 2.03 bits per heavy atom. The zero-order valence-electron chi connectivity index (χ0n) is 22.6. The van der Waals surface area contributed by atoms with Crippen LogP contribution in [0.25, 0.3) is 0 Å². The number of rotatable bonds is 8. The normalized spacial score (nSPS) is 26.5. The minimum atomic E-state index is 0.0550. The molecule has 36 heavy (non-hydrogen) atoms. The summed E-state index contributed by atoms with van der Waals surface area (Å²) in [6, 6.07) is 6.80. The van der Waals surface area contributed by atoms with Crippen molar-refractivity contribution in [2.45, 2.75) is 91.9 Å². The van der Waals surface area contributed by atoms with Crippen molar-refractivity contribution in [2.75, 3.05) is 19.8 Å². The molecule has 2 fully saturated rings. The minimum Gasteiger partial charge on any atom is -0.490 e. The van der Waals surface area contributed by atoms with Crippen LogP contribution in [0.5, 0.6) is 11.5 Å². The molecule has 1 N–H and O–H groups in total. The number of nitrogens with zero attached hydrogens (tertiary/aromatic N) is 3. The molecule has 1 amide bonds. The minimum absolute atomic E-state index is 0.0550. The van der Waals surface area contributed by atoms with Gasteiger partial charge in [0.25, 0.3) is 5.91 Å². The number of fused-ring (bicyclic) bond motifs is 3. The van der Waals surface area contributed by atoms with E-state index in [1.165, 1.54) is 12.2 Å². The third-order valence-electron chi connectivity index (χ3n) is 8.10. The first-order valence-electron chi connectivity index (χ1n) is 13.6. The van der Waals surface area contributed by atoms with E-state index >= 15 is 0 Å². The number of ether oxygens (including phenoxy) is 2. The van der Waals surface area contributed by atoms with Crippen molar-refractivity contribution < 1.29 is 14.3 Å². The van der Waals surface area contributed by atoms with Gasteiger partial charge >= 0.3 is 0 Å². The molecule has 1 aromatic carbocycles. The summed E-state index contributed by atoms with van der Waals surface area (Å²) in [4.78, 5) is 19.8. The van der Waals surface area contributed by atoms with Gasteiger partial charge in [-0.2, -0.15) is 0 Å². The van der Waals surface area contributed by atoms with E-state index in [1.54, 1.807) is 0 Å². The zero-order valence-corrected chi connectivity index (χ0v) is 22.6. The van der Waals surface area contributed by atoms with E-state index in [0.29, 0.717) is 30.2 Å². The Hall–Kier alpha value is -2.54. The van der Waals surface area contributed by atoms with E-state index in [4.69, 9.17) is 9.47 Å². The summed E-state index contributed by atoms with van der Waals surface area (Å²) < 4.78 is 14.2. The first-order valence-corrected chi connectivity index (χ1v) is 13.6. The molecule has 3 heterocycles. The van der Waals surface area contributed by atoms with Crippen LogP contribution >= 0.6 is 0 Å². The molecule has 3 unspecified atom stereocenters. The summed E-state index contributed by atoms with van der Waals surface area (Å²) in [6.45, 7) is 14.2. The molecule has 2 aliphatic heterocycles. The molecule has 3 atom stereocenters. The van der Waals surface area contributed by atoms with Crippen LogP contribution in [0.1, 0.15) is 70.5 Å². The summed E-state index contributed by atoms with van der Waals surface area (Å²) in [7, 11) is 0. The maximum Gasteiger partial charge on any atom is 0.260 e. The van der Waals surface area contributed by atoms with Gasteiger partial charge in [0.1, 0.15) is 5.82 Å². The Balaban J connectivity index is 1.18. The van der Waals surface area contributed by atoms with Gasteiger partial charge in [0, 0.05) is 44.3 Å². The van der Waals surface area contributed by atoms with Crippen LogP contribution in [-0.4, -0.2) is 52.2 Å². The fourth-order valence-corrected chi connectivity index (χ4v) is 7.04. The molecule has 3 aliphatic rings. The van der Waals surface area contributed by atoms with Gasteiger partial charge in [-0.3, -0.25) is 4.79 Å². The molecule has 1 saturated heterocycles. The molecule has 196 valence electrons. The van der Waals surface area contributed by atoms with E-state index in [0.717, 1.165) is 56.6 Å². The first-order chi connectivity index (χ1) is 17.1. The molecule has 1 aliphatic carbocycles. The lowest BCUT2D eigenvalue weighted by Gasteiger charge is -2.39. The fourth-order valence-electron chi connectivity index (χ4n) is 7.04. The van der Waals surface area contributed by atoms with Gasteiger partial charge in [0.2, 0.25) is 0 Å². The number of hydrogen-bond donors (Lipinski definition) is 1. The van der Waals surface area contributed by atoms with E-state index in [9.17, 15) is 4.79 Å². The van der Waals surface area contributed by atoms with Crippen molar-refractivity contribution in [1.82, 2.24) is 19.8 Å². The van der Waals surface area contributed by atoms with Crippen LogP contribution < -0.4 is 14.8 Å². The zero-order chi connectivity index (χ0) is 25.5. The Morgan fingerprint density at radius 1 is 1.19 bits per heavy atom. The molecule has 1 saturated carbocycles. The molecule has 1 aromatic heterocycles. The number of nitrogens with one attached hydrogen (secondary N) is 1. The molecule has 5 rings (SSSR count). The number of carbonyl (C=O) groups excluding carboxylic acids is 1. The fraction of sp³-hybridized carbons (Fsp3) is 0.655. The number of benzene rings is 1. The van der Waals surface area contributed by atoms with Gasteiger partial charge in [-0.05, 0) is 68.1 Å². The third kappa shape index (κ3) is 5.41. The Bertz CT molecular complexity index is 1110. The van der Waals surface area contributed by atoms with Crippen LogP contribution in [0.15, 0.2) is 24.4 Å². The molecule has 2 aromatic rings. The lowest BCUT2D eigenvalue weighted by molar-refractivity contribution is -0.134. The largest absolute Gasteiger partial charge is 0.490 e. The first kappa shape index (κ1) is 25.1. The van der Waals surface area contributed by atoms with Gasteiger partial charge in [-0.15, -0.1) is 0 Å². The number of carbonyl (C=O) groups is 1. The second-order valence-electron chi connectivity index (χ2n) is 12.3. The quantitative estimate of drug-likeness (QED) is 0.585. The average molecular weight is 495 g/mol. The molecule has 0 spiro atoms. The van der Waals surface area contributed by atoms with Gasteiger partial charge in [-0.25, -0.2) is 4.98 Å². The third-order valence-corrected chi connectivity index (χ3v) is 8.10. The maximum atomic E-state index is 13.2. The summed E-state index contributed by atoms with van der Waals surface area (Å²) in [5, 5.41) is 3.69. The summed E-state index contributed by atoms with van der Waals surface area (Å²) >= 11 is 0. The predicted molar refractivity (Wildman–Crippen MR) is 140 cm³/mol. The van der Waals surface area contributed by atoms with Crippen molar-refractivity contribution in [3.8, 4) is 11.5 Å². The average Bonchev–Trinajstić information content (AvgIpc) is 3.30. The van der Waals surface area contributed by atoms with Crippen molar-refractivity contribution in [3.05, 3.63) is 41.5 Å². The lowest BCUT2D eigenvalue weighted by Crippen LogP contribution is -2.40. The highest BCUT2D eigenvalue weighted by molar-refractivity contribution is 5.78. The van der Waals surface area contributed by atoms with Crippen LogP contribution in [0.4, 0.5) is 0 Å². The van der Waals surface area contributed by atoms with Crippen molar-refractivity contribution in [2.24, 2.45) is 10.8 Å². The molecule has 7 heteroatoms. The van der Waals surface area contributed by atoms with E-state index in [2.05, 4.69) is 59.7 Å². The Labute approximate surface area is 215 Å². The number of imidazole rings is 1. The van der Waals surface area contributed by atoms with Gasteiger partial charge in [-0.1, -0.05) is 26.8 Å². The molecule has 7 nitrogen and oxygen atoms in total. The summed E-state index contributed by atoms with van der Waals surface area (Å²) in [6.07, 6.45) is 7.59. The van der Waals surface area contributed by atoms with E-state index < -0.39 is 0 Å². The molecule has 2 bridgehead atoms. The summed E-state index contributed by atoms with van der Waals surface area (Å²) in [5.74, 6) is 2.62. The SMILES string of the molecule is CCOc1cc(CNC2CCc3nc(C)cn3C2)ccc1OCC(=O)N1CC2(C)CC1CC(C)(C)C2. The lowest BCUT2D eigenvalue weighted by atomic mass is 9.65. The number of hydrogen-bond acceptors (Lipinski definition) is 5. The van der Waals surface area contributed by atoms with E-state index in [-0.39, 0.29) is 23.3 Å². The van der Waals surface area contributed by atoms with Crippen LogP contribution in [0.3, 0.4) is 0 Å². The van der Waals surface area contributed by atoms with Crippen LogP contribution in [0.2, 0.25) is 0 Å². The predicted octanol–water partition coefficient (Wildman–Crippen LogP) is 4.50. The molecular weight excluding hydrogens is 452 g/mol. The van der Waals surface area contributed by atoms with Crippen molar-refractivity contribution in [1.29, 1.82) is 0 Å². The van der Waals surface area contributed by atoms with Crippen molar-refractivity contribution in [3.63, 3.8) is 0 Å². The maximum absolute atomic E-state index is 13.2. The highest BCUT2D eigenvalue weighted by Gasteiger charge is 2.50. The molecular formula is C29H42N4O3. The number of amides is 1. The van der Waals surface area contributed by atoms with Crippen molar-refractivity contribution >= 4 is 5.91 Å². The Morgan fingerprint density at radius 3 is 2.83 bits per heavy atom. The number of aryl methyl sites for hydroxylation is 2. The van der Waals surface area contributed by atoms with Gasteiger partial charge < -0.3 is 24.3 Å². The highest BCUT2D eigenvalue weighted by atomic mass is 16.5. The van der Waals surface area contributed by atoms with Gasteiger partial charge in [0.15, 0.2) is 18.1 Å². The molecule has 0 radical (unpaired) electrons. The van der Waals surface area contributed by atoms with E-state index in [1.807, 2.05) is 19.1 Å². The summed E-state index contributed by atoms with van der Waals surface area (Å²) in [5.41, 5.74) is 2.75. The highest BCUT2D eigenvalue weighted by Crippen LogP contribution is 2.52. The van der Waals surface area contributed by atoms with Crippen LogP contribution in [0, 0.1) is 17.8 Å². The topological polar surface area (TPSA) is 68.6 Å². The Kier molecular flexibility index (Phi) is 6.79. The monoisotopic (exact) mass is 494 g/mol. The smallest absolute Gasteiger partial charge is 0.260 e. The number of likely N-dealkylation sites (tertiary alicyclic amines) is 1. The van der Waals surface area contributed by atoms with Gasteiger partial charge in [0.05, 0.1) is 12.3 Å². The van der Waals surface area contributed by atoms with Crippen LogP contribution in [-0.2, 0) is 24.3 Å². The standard InChI is InChI=1S/C29H42N4O3/c1-6-35-25-11-21(14-30-22-8-10-26-31-20(2)15-32(26)16-22)7-9-24(25)36-17-27(34)33-19-29(5)13-23(33)12-28(3,4)18-29/h7,9,11,15,22-23,30H,6,8,10,12-14,16-19H2,1-5H3. The number of aromatic nitrogens is 2. The second kappa shape index (κ2) is 9.73.